The molecule has 0 radical (unpaired) electrons. The lowest BCUT2D eigenvalue weighted by Crippen LogP contribution is -2.32. The number of rotatable bonds is 1. The molecule has 1 atom stereocenters. The maximum absolute atomic E-state index is 11.3. The van der Waals surface area contributed by atoms with Gasteiger partial charge in [0.2, 0.25) is 0 Å². The predicted molar refractivity (Wildman–Crippen MR) is 76.2 cm³/mol. The molecule has 1 N–H and O–H groups in total. The fourth-order valence-electron chi connectivity index (χ4n) is 1.58. The van der Waals surface area contributed by atoms with Gasteiger partial charge in [0, 0.05) is 19.8 Å². The van der Waals surface area contributed by atoms with E-state index in [0.717, 1.165) is 5.69 Å². The minimum atomic E-state index is -1.52. The standard InChI is InChI=1S/C12H16N4OS/c1-8-5-6-10(7-9(8)2)13-11-12(16(3)4)15-18(17)14-11/h5-7H,1-4H3,(H,13,14). The van der Waals surface area contributed by atoms with Gasteiger partial charge in [0.05, 0.1) is 0 Å². The van der Waals surface area contributed by atoms with Crippen molar-refractivity contribution in [3.63, 3.8) is 0 Å². The number of anilines is 1. The summed E-state index contributed by atoms with van der Waals surface area (Å²) >= 11 is -1.52. The molecule has 1 aromatic carbocycles. The first kappa shape index (κ1) is 12.8. The monoisotopic (exact) mass is 264 g/mol. The third-order valence-electron chi connectivity index (χ3n) is 2.74. The van der Waals surface area contributed by atoms with Crippen molar-refractivity contribution in [3.8, 4) is 0 Å². The zero-order valence-corrected chi connectivity index (χ0v) is 11.7. The van der Waals surface area contributed by atoms with Crippen LogP contribution < -0.4 is 5.32 Å². The molecule has 0 fully saturated rings. The lowest BCUT2D eigenvalue weighted by Gasteiger charge is -2.14. The van der Waals surface area contributed by atoms with E-state index < -0.39 is 11.2 Å². The van der Waals surface area contributed by atoms with Crippen molar-refractivity contribution < 1.29 is 4.21 Å². The lowest BCUT2D eigenvalue weighted by atomic mass is 10.1. The molecule has 1 aliphatic rings. The first-order valence-corrected chi connectivity index (χ1v) is 6.65. The van der Waals surface area contributed by atoms with E-state index in [1.54, 1.807) is 4.90 Å². The highest BCUT2D eigenvalue weighted by atomic mass is 32.2. The molecule has 96 valence electrons. The molecule has 1 aliphatic heterocycles. The summed E-state index contributed by atoms with van der Waals surface area (Å²) < 4.78 is 19.3. The zero-order valence-electron chi connectivity index (χ0n) is 10.9. The molecule has 2 rings (SSSR count). The Hall–Kier alpha value is -1.69. The van der Waals surface area contributed by atoms with Crippen molar-refractivity contribution >= 4 is 28.5 Å². The second-order valence-electron chi connectivity index (χ2n) is 4.40. The van der Waals surface area contributed by atoms with Crippen molar-refractivity contribution in [1.82, 2.24) is 4.90 Å². The Kier molecular flexibility index (Phi) is 3.47. The zero-order chi connectivity index (χ0) is 13.3. The summed E-state index contributed by atoms with van der Waals surface area (Å²) in [6.45, 7) is 4.12. The molecule has 0 saturated heterocycles. The number of amidine groups is 2. The Labute approximate surface area is 109 Å². The third kappa shape index (κ3) is 2.59. The molecule has 0 aliphatic carbocycles. The van der Waals surface area contributed by atoms with E-state index in [2.05, 4.69) is 28.0 Å². The Balaban J connectivity index is 2.24. The summed E-state index contributed by atoms with van der Waals surface area (Å²) in [6.07, 6.45) is 0. The molecule has 1 unspecified atom stereocenters. The van der Waals surface area contributed by atoms with Crippen LogP contribution in [0.2, 0.25) is 0 Å². The van der Waals surface area contributed by atoms with Crippen LogP contribution in [0.4, 0.5) is 5.69 Å². The van der Waals surface area contributed by atoms with Crippen molar-refractivity contribution in [1.29, 1.82) is 0 Å². The minimum absolute atomic E-state index is 0.543. The summed E-state index contributed by atoms with van der Waals surface area (Å²) in [4.78, 5) is 1.79. The van der Waals surface area contributed by atoms with Gasteiger partial charge >= 0.3 is 0 Å². The van der Waals surface area contributed by atoms with Crippen LogP contribution in [-0.4, -0.2) is 34.9 Å². The van der Waals surface area contributed by atoms with Crippen LogP contribution in [0.3, 0.4) is 0 Å². The molecular formula is C12H16N4OS. The van der Waals surface area contributed by atoms with E-state index in [-0.39, 0.29) is 0 Å². The van der Waals surface area contributed by atoms with Crippen molar-refractivity contribution in [2.75, 3.05) is 19.4 Å². The SMILES string of the molecule is Cc1ccc(NC2=NS(=O)N=C2N(C)C)cc1C. The smallest absolute Gasteiger partial charge is 0.269 e. The minimum Gasteiger partial charge on any atom is -0.359 e. The number of benzene rings is 1. The maximum Gasteiger partial charge on any atom is 0.269 e. The van der Waals surface area contributed by atoms with Gasteiger partial charge in [0.25, 0.3) is 11.2 Å². The van der Waals surface area contributed by atoms with Crippen molar-refractivity contribution in [2.24, 2.45) is 8.80 Å². The normalized spacial score (nSPS) is 18.3. The molecule has 1 aromatic rings. The van der Waals surface area contributed by atoms with Crippen LogP contribution in [0.25, 0.3) is 0 Å². The fourth-order valence-corrected chi connectivity index (χ4v) is 2.31. The van der Waals surface area contributed by atoms with Crippen LogP contribution in [0.5, 0.6) is 0 Å². The van der Waals surface area contributed by atoms with Gasteiger partial charge in [-0.15, -0.1) is 8.80 Å². The lowest BCUT2D eigenvalue weighted by molar-refractivity contribution is 0.632. The molecular weight excluding hydrogens is 248 g/mol. The molecule has 6 heteroatoms. The molecule has 0 amide bonds. The van der Waals surface area contributed by atoms with Crippen LogP contribution in [-0.2, 0) is 11.2 Å². The van der Waals surface area contributed by atoms with Gasteiger partial charge in [-0.25, -0.2) is 4.21 Å². The average molecular weight is 264 g/mol. The number of hydrogen-bond donors (Lipinski definition) is 1. The Morgan fingerprint density at radius 1 is 1.17 bits per heavy atom. The summed E-state index contributed by atoms with van der Waals surface area (Å²) in [6, 6.07) is 6.04. The van der Waals surface area contributed by atoms with Gasteiger partial charge in [-0.05, 0) is 37.1 Å². The first-order chi connectivity index (χ1) is 8.47. The second kappa shape index (κ2) is 4.89. The molecule has 18 heavy (non-hydrogen) atoms. The average Bonchev–Trinajstić information content (AvgIpc) is 2.65. The highest BCUT2D eigenvalue weighted by Gasteiger charge is 2.20. The molecule has 1 heterocycles. The summed E-state index contributed by atoms with van der Waals surface area (Å²) in [7, 11) is 3.69. The number of aryl methyl sites for hydroxylation is 2. The van der Waals surface area contributed by atoms with Gasteiger partial charge < -0.3 is 10.2 Å². The van der Waals surface area contributed by atoms with Gasteiger partial charge in [-0.1, -0.05) is 6.07 Å². The van der Waals surface area contributed by atoms with Gasteiger partial charge in [-0.2, -0.15) is 0 Å². The van der Waals surface area contributed by atoms with Gasteiger partial charge in [-0.3, -0.25) is 0 Å². The predicted octanol–water partition coefficient (Wildman–Crippen LogP) is 1.67. The molecule has 0 saturated carbocycles. The largest absolute Gasteiger partial charge is 0.359 e. The fraction of sp³-hybridized carbons (Fsp3) is 0.333. The van der Waals surface area contributed by atoms with Crippen molar-refractivity contribution in [2.45, 2.75) is 13.8 Å². The first-order valence-electron chi connectivity index (χ1n) is 5.59. The van der Waals surface area contributed by atoms with E-state index in [1.807, 2.05) is 32.3 Å². The Morgan fingerprint density at radius 3 is 2.50 bits per heavy atom. The molecule has 0 aromatic heterocycles. The maximum atomic E-state index is 11.3. The van der Waals surface area contributed by atoms with Gasteiger partial charge in [0.15, 0.2) is 11.7 Å². The number of nitrogens with zero attached hydrogens (tertiary/aromatic N) is 3. The summed E-state index contributed by atoms with van der Waals surface area (Å²) in [5, 5.41) is 3.16. The Bertz CT molecular complexity index is 563. The van der Waals surface area contributed by atoms with E-state index in [4.69, 9.17) is 0 Å². The van der Waals surface area contributed by atoms with E-state index in [0.29, 0.717) is 11.7 Å². The topological polar surface area (TPSA) is 57.1 Å². The second-order valence-corrected chi connectivity index (χ2v) is 5.23. The van der Waals surface area contributed by atoms with E-state index in [9.17, 15) is 4.21 Å². The highest BCUT2D eigenvalue weighted by Crippen LogP contribution is 2.16. The summed E-state index contributed by atoms with van der Waals surface area (Å²) in [5.41, 5.74) is 3.35. The number of likely N-dealkylation sites (N-methyl/N-ethyl adjacent to an activating group) is 1. The summed E-state index contributed by atoms with van der Waals surface area (Å²) in [5.74, 6) is 1.15. The number of nitrogens with one attached hydrogen (secondary N) is 1. The van der Waals surface area contributed by atoms with Crippen LogP contribution in [0, 0.1) is 13.8 Å². The third-order valence-corrected chi connectivity index (χ3v) is 3.41. The van der Waals surface area contributed by atoms with Crippen LogP contribution in [0.15, 0.2) is 27.0 Å². The quantitative estimate of drug-likeness (QED) is 0.839. The Morgan fingerprint density at radius 2 is 1.89 bits per heavy atom. The van der Waals surface area contributed by atoms with Gasteiger partial charge in [0.1, 0.15) is 0 Å². The van der Waals surface area contributed by atoms with Crippen LogP contribution >= 0.6 is 0 Å². The van der Waals surface area contributed by atoms with E-state index in [1.165, 1.54) is 11.1 Å². The number of hydrogen-bond acceptors (Lipinski definition) is 3. The molecule has 5 nitrogen and oxygen atoms in total. The van der Waals surface area contributed by atoms with Crippen LogP contribution in [0.1, 0.15) is 11.1 Å². The molecule has 0 spiro atoms. The van der Waals surface area contributed by atoms with Crippen molar-refractivity contribution in [3.05, 3.63) is 29.3 Å². The molecule has 0 bridgehead atoms. The van der Waals surface area contributed by atoms with E-state index >= 15 is 0 Å². The highest BCUT2D eigenvalue weighted by molar-refractivity contribution is 7.83.